The quantitative estimate of drug-likeness (QED) is 0.894. The molecule has 0 saturated heterocycles. The van der Waals surface area contributed by atoms with Crippen molar-refractivity contribution in [3.05, 3.63) is 59.9 Å². The number of rotatable bonds is 5. The molecule has 0 fully saturated rings. The van der Waals surface area contributed by atoms with Gasteiger partial charge in [0.15, 0.2) is 0 Å². The number of carboxylic acid groups (broad SMARTS) is 1. The highest BCUT2D eigenvalue weighted by Gasteiger charge is 2.21. The zero-order valence-electron chi connectivity index (χ0n) is 10.2. The van der Waals surface area contributed by atoms with Crippen molar-refractivity contribution in [1.29, 1.82) is 0 Å². The molecule has 1 aromatic carbocycles. The van der Waals surface area contributed by atoms with Gasteiger partial charge in [0.05, 0.1) is 5.92 Å². The second kappa shape index (κ2) is 6.04. The lowest BCUT2D eigenvalue weighted by Crippen LogP contribution is -2.20. The van der Waals surface area contributed by atoms with E-state index in [2.05, 4.69) is 9.97 Å². The van der Waals surface area contributed by atoms with E-state index in [0.29, 0.717) is 11.4 Å². The Morgan fingerprint density at radius 1 is 1.16 bits per heavy atom. The molecular weight excluding hydrogens is 247 g/mol. The third-order valence-electron chi connectivity index (χ3n) is 2.82. The minimum absolute atomic E-state index is 0.125. The maximum absolute atomic E-state index is 13.5. The Bertz CT molecular complexity index is 560. The van der Waals surface area contributed by atoms with Crippen molar-refractivity contribution in [3.8, 4) is 0 Å². The summed E-state index contributed by atoms with van der Waals surface area (Å²) in [6.45, 7) is 0. The fourth-order valence-electron chi connectivity index (χ4n) is 1.83. The van der Waals surface area contributed by atoms with E-state index in [9.17, 15) is 14.3 Å². The van der Waals surface area contributed by atoms with E-state index in [-0.39, 0.29) is 18.7 Å². The van der Waals surface area contributed by atoms with Gasteiger partial charge in [-0.25, -0.2) is 14.4 Å². The number of halogens is 1. The molecule has 0 aliphatic heterocycles. The van der Waals surface area contributed by atoms with Crippen molar-refractivity contribution in [1.82, 2.24) is 9.97 Å². The first-order valence-electron chi connectivity index (χ1n) is 5.89. The van der Waals surface area contributed by atoms with Gasteiger partial charge in [0.2, 0.25) is 0 Å². The van der Waals surface area contributed by atoms with Crippen molar-refractivity contribution in [2.45, 2.75) is 12.8 Å². The number of aromatic nitrogens is 2. The molecule has 0 amide bonds. The maximum Gasteiger partial charge on any atom is 0.307 e. The van der Waals surface area contributed by atoms with Gasteiger partial charge in [-0.1, -0.05) is 18.2 Å². The van der Waals surface area contributed by atoms with Crippen LogP contribution < -0.4 is 0 Å². The van der Waals surface area contributed by atoms with E-state index in [1.807, 2.05) is 0 Å². The zero-order chi connectivity index (χ0) is 13.7. The first-order chi connectivity index (χ1) is 9.16. The average Bonchev–Trinajstić information content (AvgIpc) is 2.41. The van der Waals surface area contributed by atoms with E-state index in [1.165, 1.54) is 6.07 Å². The van der Waals surface area contributed by atoms with Crippen LogP contribution in [0.4, 0.5) is 4.39 Å². The lowest BCUT2D eigenvalue weighted by atomic mass is 9.95. The van der Waals surface area contributed by atoms with E-state index in [1.54, 1.807) is 36.7 Å². The van der Waals surface area contributed by atoms with Crippen LogP contribution in [-0.4, -0.2) is 21.0 Å². The van der Waals surface area contributed by atoms with Gasteiger partial charge in [-0.05, 0) is 24.1 Å². The van der Waals surface area contributed by atoms with Gasteiger partial charge in [-0.2, -0.15) is 0 Å². The van der Waals surface area contributed by atoms with Crippen LogP contribution >= 0.6 is 0 Å². The molecule has 0 aliphatic carbocycles. The highest BCUT2D eigenvalue weighted by atomic mass is 19.1. The maximum atomic E-state index is 13.5. The van der Waals surface area contributed by atoms with Gasteiger partial charge in [0, 0.05) is 18.8 Å². The summed E-state index contributed by atoms with van der Waals surface area (Å²) in [5.74, 6) is -1.65. The molecule has 98 valence electrons. The van der Waals surface area contributed by atoms with Gasteiger partial charge in [0.1, 0.15) is 11.6 Å². The first kappa shape index (κ1) is 13.1. The fourth-order valence-corrected chi connectivity index (χ4v) is 1.83. The van der Waals surface area contributed by atoms with Crippen LogP contribution in [0.2, 0.25) is 0 Å². The SMILES string of the molecule is O=C(O)C(Cc1ncccn1)Cc1ccccc1F. The Morgan fingerprint density at radius 2 is 1.84 bits per heavy atom. The summed E-state index contributed by atoms with van der Waals surface area (Å²) in [4.78, 5) is 19.2. The molecule has 2 aromatic rings. The van der Waals surface area contributed by atoms with Gasteiger partial charge in [-0.3, -0.25) is 4.79 Å². The van der Waals surface area contributed by atoms with Crippen LogP contribution in [0, 0.1) is 11.7 Å². The Hall–Kier alpha value is -2.30. The van der Waals surface area contributed by atoms with Crippen LogP contribution in [0.1, 0.15) is 11.4 Å². The number of carbonyl (C=O) groups is 1. The second-order valence-corrected chi connectivity index (χ2v) is 4.20. The number of carboxylic acids is 1. The molecule has 1 unspecified atom stereocenters. The summed E-state index contributed by atoms with van der Waals surface area (Å²) in [5.41, 5.74) is 0.394. The van der Waals surface area contributed by atoms with Crippen molar-refractivity contribution in [3.63, 3.8) is 0 Å². The van der Waals surface area contributed by atoms with Gasteiger partial charge < -0.3 is 5.11 Å². The average molecular weight is 260 g/mol. The van der Waals surface area contributed by atoms with Gasteiger partial charge in [0.25, 0.3) is 0 Å². The molecule has 5 heteroatoms. The predicted molar refractivity (Wildman–Crippen MR) is 67.0 cm³/mol. The molecule has 4 nitrogen and oxygen atoms in total. The number of aliphatic carboxylic acids is 1. The third kappa shape index (κ3) is 3.58. The molecule has 2 rings (SSSR count). The standard InChI is InChI=1S/C14H13FN2O2/c15-12-5-2-1-4-10(12)8-11(14(18)19)9-13-16-6-3-7-17-13/h1-7,11H,8-9H2,(H,18,19). The number of hydrogen-bond acceptors (Lipinski definition) is 3. The van der Waals surface area contributed by atoms with Crippen LogP contribution in [0.5, 0.6) is 0 Å². The number of hydrogen-bond donors (Lipinski definition) is 1. The Labute approximate surface area is 110 Å². The Kier molecular flexibility index (Phi) is 4.18. The highest BCUT2D eigenvalue weighted by molar-refractivity contribution is 5.70. The molecule has 1 atom stereocenters. The molecule has 1 heterocycles. The number of benzene rings is 1. The Balaban J connectivity index is 2.13. The summed E-state index contributed by atoms with van der Waals surface area (Å²) in [6, 6.07) is 7.85. The molecule has 19 heavy (non-hydrogen) atoms. The molecule has 0 spiro atoms. The van der Waals surface area contributed by atoms with E-state index < -0.39 is 11.9 Å². The largest absolute Gasteiger partial charge is 0.481 e. The first-order valence-corrected chi connectivity index (χ1v) is 5.89. The van der Waals surface area contributed by atoms with Gasteiger partial charge >= 0.3 is 5.97 Å². The topological polar surface area (TPSA) is 63.1 Å². The van der Waals surface area contributed by atoms with Crippen LogP contribution in [-0.2, 0) is 17.6 Å². The third-order valence-corrected chi connectivity index (χ3v) is 2.82. The van der Waals surface area contributed by atoms with Crippen LogP contribution in [0.25, 0.3) is 0 Å². The molecule has 1 aromatic heterocycles. The molecule has 0 radical (unpaired) electrons. The molecular formula is C14H13FN2O2. The predicted octanol–water partition coefficient (Wildman–Crippen LogP) is 2.10. The molecule has 0 bridgehead atoms. The summed E-state index contributed by atoms with van der Waals surface area (Å²) in [7, 11) is 0. The smallest absolute Gasteiger partial charge is 0.307 e. The van der Waals surface area contributed by atoms with E-state index in [0.717, 1.165) is 0 Å². The molecule has 1 N–H and O–H groups in total. The van der Waals surface area contributed by atoms with E-state index in [4.69, 9.17) is 0 Å². The van der Waals surface area contributed by atoms with Crippen molar-refractivity contribution in [2.24, 2.45) is 5.92 Å². The summed E-state index contributed by atoms with van der Waals surface area (Å²) in [6.07, 6.45) is 3.43. The lowest BCUT2D eigenvalue weighted by Gasteiger charge is -2.11. The zero-order valence-corrected chi connectivity index (χ0v) is 10.2. The Morgan fingerprint density at radius 3 is 2.47 bits per heavy atom. The van der Waals surface area contributed by atoms with Crippen molar-refractivity contribution in [2.75, 3.05) is 0 Å². The van der Waals surface area contributed by atoms with Gasteiger partial charge in [-0.15, -0.1) is 0 Å². The van der Waals surface area contributed by atoms with E-state index >= 15 is 0 Å². The fraction of sp³-hybridized carbons (Fsp3) is 0.214. The summed E-state index contributed by atoms with van der Waals surface area (Å²) >= 11 is 0. The molecule has 0 aliphatic rings. The monoisotopic (exact) mass is 260 g/mol. The number of nitrogens with zero attached hydrogens (tertiary/aromatic N) is 2. The summed E-state index contributed by atoms with van der Waals surface area (Å²) in [5, 5.41) is 9.21. The minimum Gasteiger partial charge on any atom is -0.481 e. The highest BCUT2D eigenvalue weighted by Crippen LogP contribution is 2.15. The minimum atomic E-state index is -0.976. The van der Waals surface area contributed by atoms with Crippen molar-refractivity contribution >= 4 is 5.97 Å². The lowest BCUT2D eigenvalue weighted by molar-refractivity contribution is -0.141. The summed E-state index contributed by atoms with van der Waals surface area (Å²) < 4.78 is 13.5. The normalized spacial score (nSPS) is 12.1. The van der Waals surface area contributed by atoms with Crippen molar-refractivity contribution < 1.29 is 14.3 Å². The van der Waals surface area contributed by atoms with Crippen LogP contribution in [0.3, 0.4) is 0 Å². The second-order valence-electron chi connectivity index (χ2n) is 4.20. The van der Waals surface area contributed by atoms with Crippen LogP contribution in [0.15, 0.2) is 42.7 Å². The molecule has 0 saturated carbocycles.